The van der Waals surface area contributed by atoms with E-state index in [1.54, 1.807) is 0 Å². The van der Waals surface area contributed by atoms with Crippen LogP contribution in [-0.2, 0) is 10.3 Å². The number of amidine groups is 1. The van der Waals surface area contributed by atoms with E-state index in [1.165, 1.54) is 30.5 Å². The number of hydrogen-bond acceptors (Lipinski definition) is 6. The number of anilines is 1. The van der Waals surface area contributed by atoms with Gasteiger partial charge in [-0.3, -0.25) is 9.79 Å². The molecule has 1 fully saturated rings. The fraction of sp³-hybridized carbons (Fsp3) is 0.333. The number of carbonyl (C=O) groups is 1. The predicted octanol–water partition coefficient (Wildman–Crippen LogP) is 3.27. The highest BCUT2D eigenvalue weighted by molar-refractivity contribution is 6.02. The number of hydrogen-bond donors (Lipinski definition) is 2. The number of halogens is 4. The van der Waals surface area contributed by atoms with Crippen molar-refractivity contribution in [3.05, 3.63) is 59.2 Å². The number of nitriles is 1. The van der Waals surface area contributed by atoms with Gasteiger partial charge in [-0.2, -0.15) is 18.4 Å². The standard InChI is InChI=1S/C21H17F4N5O2/c22-15-4-2-12(29-19(31)16-5-1-11(8-26)9-28-16)7-14(15)20-10-32-18(21(23,24)25)13(20)3-6-17(27)30-20/h1-2,4-5,7,9,13,18H,3,6,10H2,(H2,27,30)(H,29,31)/t13-,18?,20+/m1/s1. The van der Waals surface area contributed by atoms with Gasteiger partial charge in [-0.05, 0) is 36.8 Å². The maximum Gasteiger partial charge on any atom is 0.414 e. The smallest absolute Gasteiger partial charge is 0.387 e. The average molecular weight is 447 g/mol. The highest BCUT2D eigenvalue weighted by atomic mass is 19.4. The number of fused-ring (bicyclic) bond motifs is 1. The summed E-state index contributed by atoms with van der Waals surface area (Å²) in [4.78, 5) is 20.6. The van der Waals surface area contributed by atoms with Crippen molar-refractivity contribution >= 4 is 17.4 Å². The molecule has 0 saturated carbocycles. The van der Waals surface area contributed by atoms with Crippen LogP contribution in [0.25, 0.3) is 0 Å². The van der Waals surface area contributed by atoms with E-state index in [2.05, 4.69) is 15.3 Å². The summed E-state index contributed by atoms with van der Waals surface area (Å²) in [5, 5.41) is 11.4. The second-order valence-corrected chi connectivity index (χ2v) is 7.64. The maximum atomic E-state index is 14.9. The molecule has 0 bridgehead atoms. The van der Waals surface area contributed by atoms with Gasteiger partial charge in [-0.1, -0.05) is 0 Å². The average Bonchev–Trinajstić information content (AvgIpc) is 3.15. The highest BCUT2D eigenvalue weighted by Crippen LogP contribution is 2.52. The molecule has 7 nitrogen and oxygen atoms in total. The van der Waals surface area contributed by atoms with E-state index in [0.29, 0.717) is 0 Å². The first-order valence-corrected chi connectivity index (χ1v) is 9.64. The lowest BCUT2D eigenvalue weighted by Crippen LogP contribution is -2.45. The monoisotopic (exact) mass is 447 g/mol. The fourth-order valence-corrected chi connectivity index (χ4v) is 4.20. The fourth-order valence-electron chi connectivity index (χ4n) is 4.20. The summed E-state index contributed by atoms with van der Waals surface area (Å²) < 4.78 is 60.5. The SMILES string of the molecule is N#Cc1ccc(C(=O)Nc2ccc(F)c([C@]34COC(C(F)(F)F)[C@H]3CCC(N)=N4)c2)nc1. The number of aliphatic imine (C=N–C) groups is 1. The van der Waals surface area contributed by atoms with Crippen molar-refractivity contribution in [3.63, 3.8) is 0 Å². The summed E-state index contributed by atoms with van der Waals surface area (Å²) >= 11 is 0. The van der Waals surface area contributed by atoms with Crippen molar-refractivity contribution in [1.82, 2.24) is 4.98 Å². The van der Waals surface area contributed by atoms with Crippen molar-refractivity contribution in [2.45, 2.75) is 30.7 Å². The first kappa shape index (κ1) is 21.7. The number of nitrogens with one attached hydrogen (secondary N) is 1. The van der Waals surface area contributed by atoms with Gasteiger partial charge in [0.2, 0.25) is 0 Å². The van der Waals surface area contributed by atoms with Gasteiger partial charge in [0.25, 0.3) is 5.91 Å². The van der Waals surface area contributed by atoms with E-state index in [-0.39, 0.29) is 41.2 Å². The minimum Gasteiger partial charge on any atom is -0.387 e. The van der Waals surface area contributed by atoms with E-state index in [0.717, 1.165) is 6.07 Å². The summed E-state index contributed by atoms with van der Waals surface area (Å²) in [5.74, 6) is -2.46. The van der Waals surface area contributed by atoms with E-state index in [4.69, 9.17) is 15.7 Å². The van der Waals surface area contributed by atoms with Gasteiger partial charge in [0, 0.05) is 29.8 Å². The van der Waals surface area contributed by atoms with E-state index in [9.17, 15) is 22.4 Å². The third-order valence-electron chi connectivity index (χ3n) is 5.65. The second-order valence-electron chi connectivity index (χ2n) is 7.64. The lowest BCUT2D eigenvalue weighted by Gasteiger charge is -2.36. The zero-order valence-electron chi connectivity index (χ0n) is 16.5. The van der Waals surface area contributed by atoms with Crippen LogP contribution < -0.4 is 11.1 Å². The van der Waals surface area contributed by atoms with Gasteiger partial charge >= 0.3 is 6.18 Å². The van der Waals surface area contributed by atoms with Crippen LogP contribution in [0.3, 0.4) is 0 Å². The molecule has 2 aliphatic rings. The Morgan fingerprint density at radius 3 is 2.75 bits per heavy atom. The Kier molecular flexibility index (Phi) is 5.34. The number of alkyl halides is 3. The molecular weight excluding hydrogens is 430 g/mol. The first-order chi connectivity index (χ1) is 15.1. The minimum atomic E-state index is -4.64. The zero-order chi connectivity index (χ0) is 23.1. The van der Waals surface area contributed by atoms with Crippen LogP contribution in [-0.4, -0.2) is 35.6 Å². The number of nitrogens with two attached hydrogens (primary N) is 1. The largest absolute Gasteiger partial charge is 0.414 e. The molecule has 4 rings (SSSR count). The van der Waals surface area contributed by atoms with E-state index in [1.807, 2.05) is 6.07 Å². The first-order valence-electron chi connectivity index (χ1n) is 9.64. The topological polar surface area (TPSA) is 113 Å². The minimum absolute atomic E-state index is 0.00665. The van der Waals surface area contributed by atoms with Crippen LogP contribution >= 0.6 is 0 Å². The molecule has 1 aromatic heterocycles. The lowest BCUT2D eigenvalue weighted by atomic mass is 9.73. The van der Waals surface area contributed by atoms with Crippen molar-refractivity contribution in [1.29, 1.82) is 5.26 Å². The Labute approximate surface area is 179 Å². The molecule has 1 unspecified atom stereocenters. The van der Waals surface area contributed by atoms with Crippen LogP contribution in [0.4, 0.5) is 23.2 Å². The lowest BCUT2D eigenvalue weighted by molar-refractivity contribution is -0.217. The third kappa shape index (κ3) is 3.78. The maximum absolute atomic E-state index is 14.9. The molecule has 0 radical (unpaired) electrons. The van der Waals surface area contributed by atoms with Gasteiger partial charge < -0.3 is 15.8 Å². The predicted molar refractivity (Wildman–Crippen MR) is 105 cm³/mol. The normalized spacial score (nSPS) is 24.9. The Balaban J connectivity index is 1.69. The number of nitrogens with zero attached hydrogens (tertiary/aromatic N) is 3. The molecule has 3 atom stereocenters. The molecule has 1 saturated heterocycles. The van der Waals surface area contributed by atoms with Gasteiger partial charge in [-0.25, -0.2) is 9.37 Å². The summed E-state index contributed by atoms with van der Waals surface area (Å²) in [6.07, 6.45) is -5.34. The Morgan fingerprint density at radius 2 is 2.09 bits per heavy atom. The van der Waals surface area contributed by atoms with Crippen LogP contribution in [0, 0.1) is 23.1 Å². The van der Waals surface area contributed by atoms with Crippen molar-refractivity contribution < 1.29 is 27.1 Å². The number of amides is 1. The number of benzene rings is 1. The number of carbonyl (C=O) groups excluding carboxylic acids is 1. The van der Waals surface area contributed by atoms with Crippen LogP contribution in [0.5, 0.6) is 0 Å². The molecule has 166 valence electrons. The van der Waals surface area contributed by atoms with Crippen LogP contribution in [0.2, 0.25) is 0 Å². The summed E-state index contributed by atoms with van der Waals surface area (Å²) in [5.41, 5.74) is 4.45. The molecule has 0 aliphatic carbocycles. The van der Waals surface area contributed by atoms with Gasteiger partial charge in [0.1, 0.15) is 23.1 Å². The molecule has 3 N–H and O–H groups in total. The van der Waals surface area contributed by atoms with Crippen LogP contribution in [0.1, 0.15) is 34.5 Å². The molecule has 1 amide bonds. The number of rotatable bonds is 3. The molecular formula is C21H17F4N5O2. The molecule has 0 spiro atoms. The van der Waals surface area contributed by atoms with E-state index < -0.39 is 42.1 Å². The van der Waals surface area contributed by atoms with Gasteiger partial charge in [-0.15, -0.1) is 0 Å². The van der Waals surface area contributed by atoms with Crippen molar-refractivity contribution in [3.8, 4) is 6.07 Å². The summed E-state index contributed by atoms with van der Waals surface area (Å²) in [6, 6.07) is 8.20. The van der Waals surface area contributed by atoms with Crippen molar-refractivity contribution in [2.24, 2.45) is 16.6 Å². The summed E-state index contributed by atoms with van der Waals surface area (Å²) in [7, 11) is 0. The quantitative estimate of drug-likeness (QED) is 0.702. The molecule has 3 heterocycles. The zero-order valence-corrected chi connectivity index (χ0v) is 16.5. The second kappa shape index (κ2) is 7.87. The van der Waals surface area contributed by atoms with E-state index >= 15 is 0 Å². The number of pyridine rings is 1. The third-order valence-corrected chi connectivity index (χ3v) is 5.65. The molecule has 1 aromatic carbocycles. The van der Waals surface area contributed by atoms with Gasteiger partial charge in [0.05, 0.1) is 18.0 Å². The Bertz CT molecular complexity index is 1130. The molecule has 32 heavy (non-hydrogen) atoms. The number of aromatic nitrogens is 1. The number of ether oxygens (including phenoxy) is 1. The Hall–Kier alpha value is -3.52. The van der Waals surface area contributed by atoms with Crippen LogP contribution in [0.15, 0.2) is 41.5 Å². The van der Waals surface area contributed by atoms with Gasteiger partial charge in [0.15, 0.2) is 6.10 Å². The Morgan fingerprint density at radius 1 is 1.31 bits per heavy atom. The molecule has 2 aliphatic heterocycles. The highest BCUT2D eigenvalue weighted by Gasteiger charge is 2.61. The molecule has 11 heteroatoms. The van der Waals surface area contributed by atoms with Crippen molar-refractivity contribution in [2.75, 3.05) is 11.9 Å². The summed E-state index contributed by atoms with van der Waals surface area (Å²) in [6.45, 7) is -0.492. The molecule has 2 aromatic rings.